The number of fused-ring (bicyclic) bond motifs is 1. The largest absolute Gasteiger partial charge is 0.417 e. The zero-order valence-corrected chi connectivity index (χ0v) is 18.4. The van der Waals surface area contributed by atoms with E-state index in [-0.39, 0.29) is 22.6 Å². The van der Waals surface area contributed by atoms with E-state index in [1.54, 1.807) is 24.3 Å². The number of amides is 2. The number of nitrogens with zero attached hydrogens (tertiary/aromatic N) is 2. The normalized spacial score (nSPS) is 15.2. The van der Waals surface area contributed by atoms with Crippen molar-refractivity contribution in [3.63, 3.8) is 0 Å². The number of carbonyl (C=O) groups is 2. The molecule has 0 fully saturated rings. The van der Waals surface area contributed by atoms with Gasteiger partial charge < -0.3 is 16.4 Å². The van der Waals surface area contributed by atoms with E-state index in [4.69, 9.17) is 17.3 Å². The summed E-state index contributed by atoms with van der Waals surface area (Å²) in [6.45, 7) is 3.89. The molecule has 0 saturated carbocycles. The lowest BCUT2D eigenvalue weighted by Gasteiger charge is -2.28. The van der Waals surface area contributed by atoms with Gasteiger partial charge in [-0.15, -0.1) is 0 Å². The minimum Gasteiger partial charge on any atom is -0.369 e. The first kappa shape index (κ1) is 23.4. The van der Waals surface area contributed by atoms with E-state index >= 15 is 0 Å². The fourth-order valence-corrected chi connectivity index (χ4v) is 4.20. The molecule has 1 atom stereocenters. The molecule has 3 aromatic rings. The number of nitrogens with two attached hydrogens (primary N) is 1. The summed E-state index contributed by atoms with van der Waals surface area (Å²) in [6, 6.07) is 9.92. The van der Waals surface area contributed by atoms with Gasteiger partial charge in [0.1, 0.15) is 17.1 Å². The van der Waals surface area contributed by atoms with Gasteiger partial charge in [-0.1, -0.05) is 42.4 Å². The zero-order valence-electron chi connectivity index (χ0n) is 17.6. The fraction of sp³-hybridized carbons (Fsp3) is 0.174. The molecule has 1 aliphatic heterocycles. The van der Waals surface area contributed by atoms with Gasteiger partial charge >= 0.3 is 6.18 Å². The van der Waals surface area contributed by atoms with Crippen LogP contribution in [0.15, 0.2) is 55.1 Å². The van der Waals surface area contributed by atoms with Crippen LogP contribution in [-0.2, 0) is 11.0 Å². The fourth-order valence-electron chi connectivity index (χ4n) is 3.98. The van der Waals surface area contributed by atoms with E-state index < -0.39 is 34.6 Å². The molecule has 0 bridgehead atoms. The average Bonchev–Trinajstić information content (AvgIpc) is 3.19. The third-order valence-electron chi connectivity index (χ3n) is 5.47. The van der Waals surface area contributed by atoms with Gasteiger partial charge in [-0.2, -0.15) is 18.3 Å². The summed E-state index contributed by atoms with van der Waals surface area (Å²) < 4.78 is 41.8. The summed E-state index contributed by atoms with van der Waals surface area (Å²) in [6.07, 6.45) is -3.02. The van der Waals surface area contributed by atoms with Crippen LogP contribution < -0.4 is 16.4 Å². The lowest BCUT2D eigenvalue weighted by atomic mass is 9.99. The van der Waals surface area contributed by atoms with E-state index in [0.717, 1.165) is 18.2 Å². The second-order valence-electron chi connectivity index (χ2n) is 7.59. The molecule has 2 aromatic carbocycles. The number of para-hydroxylation sites is 1. The minimum absolute atomic E-state index is 0.00308. The summed E-state index contributed by atoms with van der Waals surface area (Å²) in [7, 11) is 0. The number of anilines is 2. The second kappa shape index (κ2) is 8.86. The molecule has 1 unspecified atom stereocenters. The van der Waals surface area contributed by atoms with Crippen LogP contribution in [0.1, 0.15) is 33.9 Å². The first-order valence-corrected chi connectivity index (χ1v) is 10.5. The molecule has 1 aromatic heterocycles. The molecule has 1 aliphatic rings. The van der Waals surface area contributed by atoms with Gasteiger partial charge in [-0.3, -0.25) is 9.59 Å². The van der Waals surface area contributed by atoms with Crippen molar-refractivity contribution in [2.24, 2.45) is 5.73 Å². The predicted molar refractivity (Wildman–Crippen MR) is 123 cm³/mol. The van der Waals surface area contributed by atoms with Crippen LogP contribution in [0, 0.1) is 0 Å². The monoisotopic (exact) mass is 489 g/mol. The summed E-state index contributed by atoms with van der Waals surface area (Å²) in [4.78, 5) is 24.3. The summed E-state index contributed by atoms with van der Waals surface area (Å²) >= 11 is 5.75. The van der Waals surface area contributed by atoms with Gasteiger partial charge in [-0.25, -0.2) is 4.68 Å². The van der Waals surface area contributed by atoms with Crippen LogP contribution >= 0.6 is 11.6 Å². The Hall–Kier alpha value is -3.79. The molecule has 0 aliphatic carbocycles. The zero-order chi connectivity index (χ0) is 24.6. The van der Waals surface area contributed by atoms with E-state index in [0.29, 0.717) is 24.2 Å². The van der Waals surface area contributed by atoms with Crippen molar-refractivity contribution in [1.29, 1.82) is 0 Å². The summed E-state index contributed by atoms with van der Waals surface area (Å²) in [5, 5.41) is 9.86. The van der Waals surface area contributed by atoms with Crippen molar-refractivity contribution < 1.29 is 22.8 Å². The van der Waals surface area contributed by atoms with Crippen LogP contribution in [0.5, 0.6) is 0 Å². The number of carbonyl (C=O) groups excluding carboxylic acids is 2. The van der Waals surface area contributed by atoms with Crippen LogP contribution in [0.3, 0.4) is 0 Å². The number of rotatable bonds is 5. The predicted octanol–water partition coefficient (Wildman–Crippen LogP) is 4.85. The molecule has 11 heteroatoms. The Bertz CT molecular complexity index is 1300. The van der Waals surface area contributed by atoms with Crippen LogP contribution in [0.25, 0.3) is 11.3 Å². The van der Waals surface area contributed by atoms with Crippen molar-refractivity contribution in [2.45, 2.75) is 18.6 Å². The number of halogens is 4. The van der Waals surface area contributed by atoms with Crippen LogP contribution in [-0.4, -0.2) is 28.1 Å². The number of alkyl halides is 3. The molecule has 176 valence electrons. The Kier molecular flexibility index (Phi) is 6.09. The lowest BCUT2D eigenvalue weighted by Crippen LogP contribution is -2.27. The molecular formula is C23H19ClF3N5O2. The number of primary amides is 1. The van der Waals surface area contributed by atoms with Gasteiger partial charge in [0.05, 0.1) is 16.6 Å². The number of nitrogens with one attached hydrogen (secondary N) is 2. The van der Waals surface area contributed by atoms with E-state index in [1.165, 1.54) is 10.7 Å². The maximum Gasteiger partial charge on any atom is 0.417 e. The Balaban J connectivity index is 1.88. The summed E-state index contributed by atoms with van der Waals surface area (Å²) in [5.74, 6) is -0.963. The molecule has 2 amide bonds. The van der Waals surface area contributed by atoms with E-state index in [9.17, 15) is 22.8 Å². The van der Waals surface area contributed by atoms with Gasteiger partial charge in [0.15, 0.2) is 0 Å². The second-order valence-corrected chi connectivity index (χ2v) is 7.99. The number of aromatic nitrogens is 2. The van der Waals surface area contributed by atoms with Crippen molar-refractivity contribution in [2.75, 3.05) is 17.2 Å². The van der Waals surface area contributed by atoms with Gasteiger partial charge in [-0.05, 0) is 30.7 Å². The molecule has 7 nitrogen and oxygen atoms in total. The first-order chi connectivity index (χ1) is 16.1. The molecule has 0 spiro atoms. The third-order valence-corrected chi connectivity index (χ3v) is 5.80. The average molecular weight is 490 g/mol. The molecule has 4 N–H and O–H groups in total. The molecule has 0 saturated heterocycles. The minimum atomic E-state index is -4.69. The number of benzene rings is 2. The van der Waals surface area contributed by atoms with Crippen molar-refractivity contribution in [3.8, 4) is 11.3 Å². The highest BCUT2D eigenvalue weighted by molar-refractivity contribution is 6.31. The lowest BCUT2D eigenvalue weighted by molar-refractivity contribution is -0.137. The van der Waals surface area contributed by atoms with Crippen molar-refractivity contribution in [1.82, 2.24) is 9.78 Å². The molecule has 4 rings (SSSR count). The van der Waals surface area contributed by atoms with Crippen LogP contribution in [0.2, 0.25) is 5.02 Å². The number of hydrogen-bond acceptors (Lipinski definition) is 4. The Morgan fingerprint density at radius 3 is 2.68 bits per heavy atom. The molecule has 2 heterocycles. The van der Waals surface area contributed by atoms with Crippen molar-refractivity contribution in [3.05, 3.63) is 76.8 Å². The first-order valence-electron chi connectivity index (χ1n) is 10.2. The van der Waals surface area contributed by atoms with E-state index in [2.05, 4.69) is 22.3 Å². The third kappa shape index (κ3) is 4.24. The summed E-state index contributed by atoms with van der Waals surface area (Å²) in [5.41, 5.74) is 5.81. The highest BCUT2D eigenvalue weighted by Gasteiger charge is 2.35. The topological polar surface area (TPSA) is 102 Å². The van der Waals surface area contributed by atoms with Gasteiger partial charge in [0, 0.05) is 23.4 Å². The van der Waals surface area contributed by atoms with Crippen LogP contribution in [0.4, 0.5) is 24.7 Å². The molecular weight excluding hydrogens is 471 g/mol. The SMILES string of the molecule is C=CC(=O)Nc1ccccc1C1CCNc2c(C(N)=O)c(-c3ccc(Cl)c(C(F)(F)F)c3)nn21. The van der Waals surface area contributed by atoms with E-state index in [1.807, 2.05) is 0 Å². The molecule has 34 heavy (non-hydrogen) atoms. The van der Waals surface area contributed by atoms with Crippen molar-refractivity contribution >= 4 is 34.9 Å². The van der Waals surface area contributed by atoms with Gasteiger partial charge in [0.2, 0.25) is 5.91 Å². The smallest absolute Gasteiger partial charge is 0.369 e. The Morgan fingerprint density at radius 1 is 1.26 bits per heavy atom. The maximum absolute atomic E-state index is 13.4. The maximum atomic E-state index is 13.4. The highest BCUT2D eigenvalue weighted by Crippen LogP contribution is 2.41. The highest BCUT2D eigenvalue weighted by atomic mass is 35.5. The van der Waals surface area contributed by atoms with Gasteiger partial charge in [0.25, 0.3) is 5.91 Å². The Morgan fingerprint density at radius 2 is 2.00 bits per heavy atom. The standard InChI is InChI=1S/C23H19ClF3N5O2/c1-2-18(33)30-16-6-4-3-5-13(16)17-9-10-29-22-19(21(28)34)20(31-32(17)22)12-7-8-15(24)14(11-12)23(25,26)27/h2-8,11,17,29H,1,9-10H2,(H2,28,34)(H,30,33). The molecule has 0 radical (unpaired) electrons. The Labute approximate surface area is 197 Å². The number of hydrogen-bond donors (Lipinski definition) is 3. The quantitative estimate of drug-likeness (QED) is 0.446.